The second kappa shape index (κ2) is 5.55. The van der Waals surface area contributed by atoms with Crippen LogP contribution in [0, 0.1) is 5.82 Å². The first-order valence-electron chi connectivity index (χ1n) is 5.71. The second-order valence-electron chi connectivity index (χ2n) is 4.07. The lowest BCUT2D eigenvalue weighted by atomic mass is 10.2. The first kappa shape index (κ1) is 13.6. The molecule has 102 valence electrons. The molecule has 0 fully saturated rings. The molecule has 2 aromatic heterocycles. The molecular formula is C13H9ClFN3S2. The molecule has 0 aliphatic rings. The van der Waals surface area contributed by atoms with Gasteiger partial charge in [0.05, 0.1) is 10.4 Å². The zero-order valence-electron chi connectivity index (χ0n) is 10.1. The summed E-state index contributed by atoms with van der Waals surface area (Å²) >= 11 is 8.58. The number of hydrogen-bond acceptors (Lipinski definition) is 5. The Bertz CT molecular complexity index is 775. The van der Waals surface area contributed by atoms with Crippen molar-refractivity contribution in [2.75, 3.05) is 5.73 Å². The van der Waals surface area contributed by atoms with Crippen molar-refractivity contribution < 1.29 is 4.39 Å². The van der Waals surface area contributed by atoms with Crippen LogP contribution in [-0.2, 0) is 5.75 Å². The number of nitrogens with two attached hydrogens (primary N) is 1. The second-order valence-corrected chi connectivity index (χ2v) is 6.31. The molecule has 2 N–H and O–H groups in total. The monoisotopic (exact) mass is 325 g/mol. The van der Waals surface area contributed by atoms with Crippen LogP contribution in [0.1, 0.15) is 5.56 Å². The number of rotatable bonds is 3. The van der Waals surface area contributed by atoms with Crippen LogP contribution in [-0.4, -0.2) is 9.97 Å². The molecule has 0 bridgehead atoms. The number of thiophene rings is 1. The minimum atomic E-state index is -0.418. The molecule has 3 nitrogen and oxygen atoms in total. The molecule has 0 saturated heterocycles. The summed E-state index contributed by atoms with van der Waals surface area (Å²) in [6.07, 6.45) is 0. The summed E-state index contributed by atoms with van der Waals surface area (Å²) in [5.74, 6) is 0.615. The van der Waals surface area contributed by atoms with E-state index in [-0.39, 0.29) is 5.02 Å². The van der Waals surface area contributed by atoms with Gasteiger partial charge in [-0.1, -0.05) is 29.4 Å². The van der Waals surface area contributed by atoms with E-state index in [0.29, 0.717) is 16.7 Å². The third kappa shape index (κ3) is 2.72. The topological polar surface area (TPSA) is 51.8 Å². The molecule has 20 heavy (non-hydrogen) atoms. The van der Waals surface area contributed by atoms with Gasteiger partial charge in [-0.3, -0.25) is 0 Å². The van der Waals surface area contributed by atoms with Crippen LogP contribution < -0.4 is 5.73 Å². The predicted molar refractivity (Wildman–Crippen MR) is 82.8 cm³/mol. The van der Waals surface area contributed by atoms with Crippen molar-refractivity contribution in [2.45, 2.75) is 10.9 Å². The fourth-order valence-corrected chi connectivity index (χ4v) is 3.44. The molecule has 0 aliphatic carbocycles. The lowest BCUT2D eigenvalue weighted by Crippen LogP contribution is -1.95. The normalized spacial score (nSPS) is 11.1. The van der Waals surface area contributed by atoms with Crippen LogP contribution in [0.2, 0.25) is 5.02 Å². The Kier molecular flexibility index (Phi) is 3.78. The number of fused-ring (bicyclic) bond motifs is 1. The van der Waals surface area contributed by atoms with E-state index in [9.17, 15) is 4.39 Å². The van der Waals surface area contributed by atoms with E-state index >= 15 is 0 Å². The van der Waals surface area contributed by atoms with Crippen molar-refractivity contribution in [3.63, 3.8) is 0 Å². The molecule has 7 heteroatoms. The number of nitrogens with zero attached hydrogens (tertiary/aromatic N) is 2. The SMILES string of the molecule is Nc1nc(SCc2ccc(Cl)c(F)c2)nc2sccc12. The molecular weight excluding hydrogens is 317 g/mol. The summed E-state index contributed by atoms with van der Waals surface area (Å²) in [5, 5.41) is 3.52. The average molecular weight is 326 g/mol. The Morgan fingerprint density at radius 1 is 1.30 bits per heavy atom. The summed E-state index contributed by atoms with van der Waals surface area (Å²) in [5.41, 5.74) is 6.70. The fourth-order valence-electron chi connectivity index (χ4n) is 1.70. The van der Waals surface area contributed by atoms with E-state index in [1.807, 2.05) is 11.4 Å². The van der Waals surface area contributed by atoms with E-state index in [2.05, 4.69) is 9.97 Å². The Labute approximate surface area is 128 Å². The number of nitrogen functional groups attached to an aromatic ring is 1. The minimum absolute atomic E-state index is 0.124. The van der Waals surface area contributed by atoms with Gasteiger partial charge < -0.3 is 5.73 Å². The number of halogens is 2. The van der Waals surface area contributed by atoms with Gasteiger partial charge in [-0.05, 0) is 29.1 Å². The standard InChI is InChI=1S/C13H9ClFN3S2/c14-9-2-1-7(5-10(9)15)6-20-13-17-11(16)8-3-4-19-12(8)18-13/h1-5H,6H2,(H2,16,17,18). The highest BCUT2D eigenvalue weighted by Crippen LogP contribution is 2.28. The van der Waals surface area contributed by atoms with Gasteiger partial charge in [-0.15, -0.1) is 11.3 Å². The van der Waals surface area contributed by atoms with Crippen molar-refractivity contribution in [3.8, 4) is 0 Å². The Balaban J connectivity index is 1.80. The predicted octanol–water partition coefficient (Wildman–Crippen LogP) is 4.36. The van der Waals surface area contributed by atoms with Gasteiger partial charge in [-0.2, -0.15) is 0 Å². The number of benzene rings is 1. The highest BCUT2D eigenvalue weighted by Gasteiger charge is 2.08. The molecule has 3 rings (SSSR count). The van der Waals surface area contributed by atoms with Crippen LogP contribution in [0.15, 0.2) is 34.8 Å². The van der Waals surface area contributed by atoms with E-state index in [0.717, 1.165) is 15.8 Å². The molecule has 1 aromatic carbocycles. The summed E-state index contributed by atoms with van der Waals surface area (Å²) in [4.78, 5) is 9.53. The maximum atomic E-state index is 13.3. The smallest absolute Gasteiger partial charge is 0.191 e. The third-order valence-electron chi connectivity index (χ3n) is 2.69. The molecule has 0 spiro atoms. The number of hydrogen-bond donors (Lipinski definition) is 1. The van der Waals surface area contributed by atoms with Crippen LogP contribution in [0.3, 0.4) is 0 Å². The van der Waals surface area contributed by atoms with Gasteiger partial charge in [0, 0.05) is 5.75 Å². The first-order valence-corrected chi connectivity index (χ1v) is 7.95. The van der Waals surface area contributed by atoms with Crippen molar-refractivity contribution in [3.05, 3.63) is 46.0 Å². The van der Waals surface area contributed by atoms with Gasteiger partial charge in [0.1, 0.15) is 16.5 Å². The zero-order chi connectivity index (χ0) is 14.1. The van der Waals surface area contributed by atoms with Gasteiger partial charge in [0.25, 0.3) is 0 Å². The lowest BCUT2D eigenvalue weighted by Gasteiger charge is -2.03. The quantitative estimate of drug-likeness (QED) is 0.574. The highest BCUT2D eigenvalue weighted by atomic mass is 35.5. The van der Waals surface area contributed by atoms with Gasteiger partial charge in [0.2, 0.25) is 0 Å². The molecule has 0 aliphatic heterocycles. The van der Waals surface area contributed by atoms with Crippen molar-refractivity contribution >= 4 is 50.7 Å². The summed E-state index contributed by atoms with van der Waals surface area (Å²) in [6.45, 7) is 0. The maximum Gasteiger partial charge on any atom is 0.191 e. The van der Waals surface area contributed by atoms with E-state index in [4.69, 9.17) is 17.3 Å². The molecule has 0 radical (unpaired) electrons. The molecule has 0 saturated carbocycles. The van der Waals surface area contributed by atoms with E-state index in [1.54, 1.807) is 12.1 Å². The van der Waals surface area contributed by atoms with Crippen LogP contribution in [0.4, 0.5) is 10.2 Å². The van der Waals surface area contributed by atoms with Crippen LogP contribution >= 0.6 is 34.7 Å². The zero-order valence-corrected chi connectivity index (χ0v) is 12.5. The summed E-state index contributed by atoms with van der Waals surface area (Å²) in [7, 11) is 0. The fraction of sp³-hybridized carbons (Fsp3) is 0.0769. The summed E-state index contributed by atoms with van der Waals surface area (Å²) in [6, 6.07) is 6.65. The average Bonchev–Trinajstić information content (AvgIpc) is 2.89. The molecule has 0 amide bonds. The van der Waals surface area contributed by atoms with E-state index in [1.165, 1.54) is 29.2 Å². The Morgan fingerprint density at radius 3 is 2.95 bits per heavy atom. The highest BCUT2D eigenvalue weighted by molar-refractivity contribution is 7.98. The third-order valence-corrected chi connectivity index (χ3v) is 4.72. The van der Waals surface area contributed by atoms with Crippen LogP contribution in [0.5, 0.6) is 0 Å². The van der Waals surface area contributed by atoms with Gasteiger partial charge in [-0.25, -0.2) is 14.4 Å². The Morgan fingerprint density at radius 2 is 2.15 bits per heavy atom. The van der Waals surface area contributed by atoms with Crippen molar-refractivity contribution in [2.24, 2.45) is 0 Å². The number of anilines is 1. The number of thioether (sulfide) groups is 1. The van der Waals surface area contributed by atoms with Crippen molar-refractivity contribution in [1.82, 2.24) is 9.97 Å². The largest absolute Gasteiger partial charge is 0.383 e. The molecule has 0 unspecified atom stereocenters. The number of aromatic nitrogens is 2. The Hall–Kier alpha value is -1.37. The molecule has 2 heterocycles. The van der Waals surface area contributed by atoms with Gasteiger partial charge in [0.15, 0.2) is 5.16 Å². The lowest BCUT2D eigenvalue weighted by molar-refractivity contribution is 0.627. The van der Waals surface area contributed by atoms with E-state index < -0.39 is 5.82 Å². The first-order chi connectivity index (χ1) is 9.63. The van der Waals surface area contributed by atoms with Crippen molar-refractivity contribution in [1.29, 1.82) is 0 Å². The summed E-state index contributed by atoms with van der Waals surface area (Å²) < 4.78 is 13.3. The molecule has 3 aromatic rings. The minimum Gasteiger partial charge on any atom is -0.383 e. The van der Waals surface area contributed by atoms with Crippen LogP contribution in [0.25, 0.3) is 10.2 Å². The molecule has 0 atom stereocenters. The van der Waals surface area contributed by atoms with Gasteiger partial charge >= 0.3 is 0 Å². The maximum absolute atomic E-state index is 13.3.